The molecule has 1 unspecified atom stereocenters. The lowest BCUT2D eigenvalue weighted by Crippen LogP contribution is -2.54. The van der Waals surface area contributed by atoms with Gasteiger partial charge in [-0.1, -0.05) is 32.1 Å². The van der Waals surface area contributed by atoms with Crippen molar-refractivity contribution in [1.82, 2.24) is 15.1 Å². The zero-order valence-corrected chi connectivity index (χ0v) is 17.7. The molecule has 1 saturated heterocycles. The van der Waals surface area contributed by atoms with Gasteiger partial charge >= 0.3 is 18.2 Å². The highest BCUT2D eigenvalue weighted by Gasteiger charge is 2.38. The molecular weight excluding hydrogens is 421 g/mol. The Bertz CT molecular complexity index is 938. The van der Waals surface area contributed by atoms with Crippen molar-refractivity contribution in [1.29, 1.82) is 0 Å². The number of carbonyl (C=O) groups is 2. The molecule has 0 N–H and O–H groups in total. The lowest BCUT2D eigenvalue weighted by molar-refractivity contribution is -0.137. The Morgan fingerprint density at radius 1 is 1.17 bits per heavy atom. The Labute approximate surface area is 175 Å². The molecule has 2 heterocycles. The van der Waals surface area contributed by atoms with E-state index in [-0.39, 0.29) is 11.0 Å². The second kappa shape index (κ2) is 7.86. The van der Waals surface area contributed by atoms with Crippen LogP contribution in [0.15, 0.2) is 24.3 Å². The van der Waals surface area contributed by atoms with Crippen LogP contribution in [0.2, 0.25) is 0 Å². The van der Waals surface area contributed by atoms with Gasteiger partial charge in [-0.2, -0.15) is 13.2 Å². The number of anilines is 1. The molecule has 1 aromatic carbocycles. The number of aromatic nitrogens is 2. The van der Waals surface area contributed by atoms with E-state index in [9.17, 15) is 22.8 Å². The Morgan fingerprint density at radius 3 is 2.33 bits per heavy atom. The Morgan fingerprint density at radius 2 is 1.80 bits per heavy atom. The topological polar surface area (TPSA) is 75.6 Å². The average Bonchev–Trinajstić information content (AvgIpc) is 3.14. The van der Waals surface area contributed by atoms with Crippen LogP contribution in [0.4, 0.5) is 23.1 Å². The van der Waals surface area contributed by atoms with Crippen molar-refractivity contribution in [2.75, 3.05) is 18.5 Å². The smallest absolute Gasteiger partial charge is 0.416 e. The van der Waals surface area contributed by atoms with Crippen molar-refractivity contribution in [2.24, 2.45) is 0 Å². The zero-order valence-electron chi connectivity index (χ0n) is 16.9. The molecule has 0 saturated carbocycles. The molecule has 0 spiro atoms. The van der Waals surface area contributed by atoms with Crippen LogP contribution in [0.25, 0.3) is 0 Å². The van der Waals surface area contributed by atoms with Crippen LogP contribution < -0.4 is 4.90 Å². The van der Waals surface area contributed by atoms with Gasteiger partial charge in [-0.05, 0) is 24.3 Å². The minimum Gasteiger partial charge on any atom is -0.437 e. The minimum absolute atomic E-state index is 0.0398. The first-order valence-electron chi connectivity index (χ1n) is 9.14. The fourth-order valence-corrected chi connectivity index (χ4v) is 3.69. The third-order valence-corrected chi connectivity index (χ3v) is 5.83. The first-order valence-corrected chi connectivity index (χ1v) is 9.96. The van der Waals surface area contributed by atoms with E-state index in [1.54, 1.807) is 7.05 Å². The Hall–Kier alpha value is -2.69. The third kappa shape index (κ3) is 4.55. The van der Waals surface area contributed by atoms with Crippen LogP contribution in [0, 0.1) is 0 Å². The summed E-state index contributed by atoms with van der Waals surface area (Å²) in [6, 6.07) is 3.33. The predicted octanol–water partition coefficient (Wildman–Crippen LogP) is 4.30. The highest BCUT2D eigenvalue weighted by atomic mass is 32.1. The van der Waals surface area contributed by atoms with E-state index in [2.05, 4.69) is 10.2 Å². The number of benzene rings is 1. The molecular formula is C19H21F3N4O3S. The molecule has 0 radical (unpaired) electrons. The Balaban J connectivity index is 1.83. The van der Waals surface area contributed by atoms with Gasteiger partial charge in [0.05, 0.1) is 11.1 Å². The molecule has 1 aromatic heterocycles. The molecule has 0 bridgehead atoms. The number of ether oxygens (including phenoxy) is 1. The molecule has 2 amide bonds. The summed E-state index contributed by atoms with van der Waals surface area (Å²) in [5, 5.41) is 9.23. The van der Waals surface area contributed by atoms with E-state index in [1.807, 2.05) is 20.8 Å². The van der Waals surface area contributed by atoms with Gasteiger partial charge in [0.2, 0.25) is 5.13 Å². The van der Waals surface area contributed by atoms with Crippen LogP contribution in [0.5, 0.6) is 0 Å². The molecule has 30 heavy (non-hydrogen) atoms. The number of nitrogens with zero attached hydrogens (tertiary/aromatic N) is 4. The number of amides is 2. The van der Waals surface area contributed by atoms with Gasteiger partial charge in [0, 0.05) is 25.4 Å². The number of halogens is 3. The molecule has 1 atom stereocenters. The number of esters is 1. The van der Waals surface area contributed by atoms with E-state index in [0.29, 0.717) is 23.1 Å². The van der Waals surface area contributed by atoms with Gasteiger partial charge in [0.15, 0.2) is 6.23 Å². The summed E-state index contributed by atoms with van der Waals surface area (Å²) in [4.78, 5) is 28.0. The average molecular weight is 442 g/mol. The van der Waals surface area contributed by atoms with E-state index in [4.69, 9.17) is 4.74 Å². The van der Waals surface area contributed by atoms with Gasteiger partial charge in [0.1, 0.15) is 5.01 Å². The van der Waals surface area contributed by atoms with Crippen molar-refractivity contribution in [2.45, 2.75) is 45.0 Å². The molecule has 1 aliphatic heterocycles. The summed E-state index contributed by atoms with van der Waals surface area (Å²) in [7, 11) is 1.62. The fourth-order valence-electron chi connectivity index (χ4n) is 2.76. The maximum Gasteiger partial charge on any atom is 0.416 e. The van der Waals surface area contributed by atoms with Gasteiger partial charge < -0.3 is 9.64 Å². The van der Waals surface area contributed by atoms with Crippen molar-refractivity contribution < 1.29 is 27.5 Å². The third-order valence-electron chi connectivity index (χ3n) is 4.49. The quantitative estimate of drug-likeness (QED) is 0.663. The lowest BCUT2D eigenvalue weighted by atomic mass is 9.98. The standard InChI is InChI=1S/C19H21F3N4O3S/c1-18(2,3)15-23-24-16(30-15)26-13(9-10-25(4)17(26)28)29-14(27)11-5-7-12(8-6-11)19(20,21)22/h5-8,13H,9-10H2,1-4H3. The molecule has 0 aliphatic carbocycles. The summed E-state index contributed by atoms with van der Waals surface area (Å²) < 4.78 is 43.6. The first-order chi connectivity index (χ1) is 13.9. The van der Waals surface area contributed by atoms with E-state index in [0.717, 1.165) is 24.3 Å². The number of hydrogen-bond acceptors (Lipinski definition) is 6. The summed E-state index contributed by atoms with van der Waals surface area (Å²) in [5.41, 5.74) is -1.17. The predicted molar refractivity (Wildman–Crippen MR) is 104 cm³/mol. The number of carbonyl (C=O) groups excluding carboxylic acids is 2. The SMILES string of the molecule is CN1CCC(OC(=O)c2ccc(C(F)(F)F)cc2)N(c2nnc(C(C)(C)C)s2)C1=O. The second-order valence-corrected chi connectivity index (χ2v) is 8.89. The second-order valence-electron chi connectivity index (χ2n) is 7.94. The minimum atomic E-state index is -4.50. The van der Waals surface area contributed by atoms with Crippen LogP contribution in [-0.4, -0.2) is 46.9 Å². The van der Waals surface area contributed by atoms with Crippen LogP contribution in [0.1, 0.15) is 48.1 Å². The summed E-state index contributed by atoms with van der Waals surface area (Å²) in [5.74, 6) is -0.823. The van der Waals surface area contributed by atoms with E-state index < -0.39 is 30.0 Å². The molecule has 11 heteroatoms. The molecule has 7 nitrogen and oxygen atoms in total. The number of rotatable bonds is 3. The highest BCUT2D eigenvalue weighted by molar-refractivity contribution is 7.15. The number of urea groups is 1. The van der Waals surface area contributed by atoms with E-state index >= 15 is 0 Å². The summed E-state index contributed by atoms with van der Waals surface area (Å²) in [6.07, 6.45) is -5.12. The zero-order chi connectivity index (χ0) is 22.3. The molecule has 1 aliphatic rings. The van der Waals surface area contributed by atoms with Crippen LogP contribution in [-0.2, 0) is 16.3 Å². The normalized spacial score (nSPS) is 18.0. The first kappa shape index (κ1) is 22.0. The lowest BCUT2D eigenvalue weighted by Gasteiger charge is -2.37. The van der Waals surface area contributed by atoms with Crippen LogP contribution in [0.3, 0.4) is 0 Å². The van der Waals surface area contributed by atoms with Crippen molar-refractivity contribution in [3.05, 3.63) is 40.4 Å². The molecule has 2 aromatic rings. The largest absolute Gasteiger partial charge is 0.437 e. The maximum atomic E-state index is 12.7. The van der Waals surface area contributed by atoms with Crippen molar-refractivity contribution >= 4 is 28.5 Å². The van der Waals surface area contributed by atoms with Gasteiger partial charge in [0.25, 0.3) is 0 Å². The van der Waals surface area contributed by atoms with Gasteiger partial charge in [-0.15, -0.1) is 10.2 Å². The van der Waals surface area contributed by atoms with Crippen molar-refractivity contribution in [3.63, 3.8) is 0 Å². The summed E-state index contributed by atoms with van der Waals surface area (Å²) >= 11 is 1.22. The number of hydrogen-bond donors (Lipinski definition) is 0. The van der Waals surface area contributed by atoms with Crippen LogP contribution >= 0.6 is 11.3 Å². The van der Waals surface area contributed by atoms with Gasteiger partial charge in [-0.3, -0.25) is 0 Å². The maximum absolute atomic E-state index is 12.7. The highest BCUT2D eigenvalue weighted by Crippen LogP contribution is 2.33. The Kier molecular flexibility index (Phi) is 5.76. The fraction of sp³-hybridized carbons (Fsp3) is 0.474. The summed E-state index contributed by atoms with van der Waals surface area (Å²) in [6.45, 7) is 6.24. The number of alkyl halides is 3. The molecule has 162 valence electrons. The van der Waals surface area contributed by atoms with Crippen molar-refractivity contribution in [3.8, 4) is 0 Å². The van der Waals surface area contributed by atoms with E-state index in [1.165, 1.54) is 21.1 Å². The monoisotopic (exact) mass is 442 g/mol. The molecule has 3 rings (SSSR count). The molecule has 1 fully saturated rings. The van der Waals surface area contributed by atoms with Gasteiger partial charge in [-0.25, -0.2) is 14.5 Å².